The van der Waals surface area contributed by atoms with Crippen LogP contribution in [-0.4, -0.2) is 101 Å². The third-order valence-corrected chi connectivity index (χ3v) is 16.4. The third-order valence-electron chi connectivity index (χ3n) is 2.93. The monoisotopic (exact) mass is 727 g/mol. The summed E-state index contributed by atoms with van der Waals surface area (Å²) in [5.41, 5.74) is 2.93. The van der Waals surface area contributed by atoms with Gasteiger partial charge in [0.15, 0.2) is 5.08 Å². The Hall–Kier alpha value is 2.89. The minimum Gasteiger partial charge on any atom is -0.611 e. The van der Waals surface area contributed by atoms with E-state index in [1.165, 1.54) is 22.9 Å². The van der Waals surface area contributed by atoms with Crippen molar-refractivity contribution in [3.05, 3.63) is 0 Å². The Morgan fingerprint density at radius 1 is 0.833 bits per heavy atom. The highest BCUT2D eigenvalue weighted by molar-refractivity contribution is 8.30. The summed E-state index contributed by atoms with van der Waals surface area (Å²) in [6, 6.07) is 0. The van der Waals surface area contributed by atoms with Crippen LogP contribution < -0.4 is 5.32 Å². The highest BCUT2D eigenvalue weighted by atomic mass is 32.3. The van der Waals surface area contributed by atoms with Gasteiger partial charge in [0.05, 0.1) is 17.6 Å². The van der Waals surface area contributed by atoms with Crippen molar-refractivity contribution in [3.8, 4) is 0 Å². The van der Waals surface area contributed by atoms with E-state index in [1.807, 2.05) is 47.0 Å². The molecule has 0 spiro atoms. The summed E-state index contributed by atoms with van der Waals surface area (Å²) in [6.45, 7) is 0.0629. The van der Waals surface area contributed by atoms with Crippen molar-refractivity contribution in [2.75, 3.05) is 70.7 Å². The number of nitrogens with zero attached hydrogens (tertiary/aromatic N) is 2. The lowest BCUT2D eigenvalue weighted by Gasteiger charge is -2.06. The molecule has 0 aliphatic rings. The molecule has 0 heterocycles. The maximum atomic E-state index is 11.8. The molecule has 0 saturated carbocycles. The number of carbonyl (C=O) groups excluding carboxylic acids is 1. The van der Waals surface area contributed by atoms with Gasteiger partial charge in [-0.05, 0) is 11.2 Å². The Morgan fingerprint density at radius 3 is 2.08 bits per heavy atom. The number of carbonyl (C=O) groups is 1. The molecule has 36 heavy (non-hydrogen) atoms. The molecule has 0 radical (unpaired) electrons. The summed E-state index contributed by atoms with van der Waals surface area (Å²) in [7, 11) is 0. The predicted octanol–water partition coefficient (Wildman–Crippen LogP) is 5.69. The molecule has 19 heteroatoms. The molecule has 0 aromatic heterocycles. The topological polar surface area (TPSA) is 120 Å². The number of rotatable bonds is 26. The van der Waals surface area contributed by atoms with Gasteiger partial charge in [-0.1, -0.05) is 23.5 Å². The normalized spacial score (nSPS) is 13.6. The predicted molar refractivity (Wildman–Crippen MR) is 189 cm³/mol. The maximum Gasteiger partial charge on any atom is 0.280 e. The molecule has 0 fully saturated rings. The fourth-order valence-corrected chi connectivity index (χ4v) is 13.9. The number of aliphatic hydroxyl groups is 1. The Kier molecular flexibility index (Phi) is 35.0. The van der Waals surface area contributed by atoms with E-state index in [2.05, 4.69) is 27.9 Å². The van der Waals surface area contributed by atoms with E-state index in [0.29, 0.717) is 34.9 Å². The SMILES string of the molecule is O=C(NCSCSCSCSC/N=C/[S+]([O-])CCCO)SCSCSCSCSC[S+]([O-])/C=N/CS. The second-order valence-corrected chi connectivity index (χ2v) is 20.4. The largest absolute Gasteiger partial charge is 0.611 e. The molecule has 0 saturated heterocycles. The van der Waals surface area contributed by atoms with Gasteiger partial charge in [0.1, 0.15) is 5.75 Å². The van der Waals surface area contributed by atoms with Gasteiger partial charge >= 0.3 is 0 Å². The van der Waals surface area contributed by atoms with Crippen molar-refractivity contribution < 1.29 is 19.0 Å². The third kappa shape index (κ3) is 31.4. The van der Waals surface area contributed by atoms with Crippen LogP contribution in [0.25, 0.3) is 0 Å². The lowest BCUT2D eigenvalue weighted by Crippen LogP contribution is -2.17. The highest BCUT2D eigenvalue weighted by Gasteiger charge is 2.04. The molecular formula is C17H33N3O4S12. The first-order valence-electron chi connectivity index (χ1n) is 10.1. The van der Waals surface area contributed by atoms with Gasteiger partial charge in [-0.3, -0.25) is 4.79 Å². The molecule has 7 nitrogen and oxygen atoms in total. The van der Waals surface area contributed by atoms with Crippen LogP contribution in [0.15, 0.2) is 9.98 Å². The second-order valence-electron chi connectivity index (χ2n) is 5.72. The van der Waals surface area contributed by atoms with Crippen LogP contribution >= 0.6 is 118 Å². The number of nitrogens with one attached hydrogen (secondary N) is 1. The van der Waals surface area contributed by atoms with Crippen LogP contribution in [0.2, 0.25) is 0 Å². The fraction of sp³-hybridized carbons (Fsp3) is 0.824. The second kappa shape index (κ2) is 32.4. The molecule has 2 N–H and O–H groups in total. The molecule has 1 amide bonds. The number of hydrogen-bond donors (Lipinski definition) is 3. The number of thiol groups is 1. The summed E-state index contributed by atoms with van der Waals surface area (Å²) < 4.78 is 23.0. The van der Waals surface area contributed by atoms with Crippen molar-refractivity contribution in [1.29, 1.82) is 0 Å². The van der Waals surface area contributed by atoms with E-state index < -0.39 is 22.4 Å². The zero-order valence-electron chi connectivity index (χ0n) is 19.6. The molecule has 0 bridgehead atoms. The molecule has 2 unspecified atom stereocenters. The zero-order chi connectivity index (χ0) is 26.5. The van der Waals surface area contributed by atoms with Crippen molar-refractivity contribution in [2.24, 2.45) is 9.98 Å². The van der Waals surface area contributed by atoms with Crippen LogP contribution in [0.5, 0.6) is 0 Å². The lowest BCUT2D eigenvalue weighted by molar-refractivity contribution is 0.262. The molecular weight excluding hydrogens is 695 g/mol. The highest BCUT2D eigenvalue weighted by Crippen LogP contribution is 2.24. The Morgan fingerprint density at radius 2 is 1.42 bits per heavy atom. The van der Waals surface area contributed by atoms with E-state index in [1.54, 1.807) is 47.0 Å². The van der Waals surface area contributed by atoms with Gasteiger partial charge in [0.2, 0.25) is 11.1 Å². The molecule has 0 aromatic rings. The summed E-state index contributed by atoms with van der Waals surface area (Å²) in [4.78, 5) is 19.8. The maximum absolute atomic E-state index is 11.8. The Balaban J connectivity index is 3.29. The van der Waals surface area contributed by atoms with E-state index in [9.17, 15) is 13.9 Å². The van der Waals surface area contributed by atoms with Crippen molar-refractivity contribution in [3.63, 3.8) is 0 Å². The summed E-state index contributed by atoms with van der Waals surface area (Å²) in [5, 5.41) is 18.7. The standard InChI is InChI=1S/C17H33N3O4S12/c21-2-1-3-35(23)8-19-5-26-9-28-11-29-10-27-6-20-17(22)34-15-32-13-30-12-31-14-33-16-36(24)7-18-4-25/h7-8,21,25H,1-6,9-16H2,(H,20,22)/b18-7+,19-8+. The molecule has 0 rings (SSSR count). The van der Waals surface area contributed by atoms with Crippen molar-refractivity contribution in [2.45, 2.75) is 6.42 Å². The quantitative estimate of drug-likeness (QED) is 0.0253. The average molecular weight is 728 g/mol. The first-order chi connectivity index (χ1) is 17.6. The van der Waals surface area contributed by atoms with Crippen LogP contribution in [0.3, 0.4) is 0 Å². The fourth-order valence-electron chi connectivity index (χ4n) is 1.55. The van der Waals surface area contributed by atoms with Crippen LogP contribution in [0, 0.1) is 0 Å². The van der Waals surface area contributed by atoms with Gasteiger partial charge in [0, 0.05) is 59.8 Å². The molecule has 212 valence electrons. The first kappa shape index (κ1) is 38.9. The molecule has 0 aliphatic carbocycles. The minimum atomic E-state index is -1.07. The van der Waals surface area contributed by atoms with Gasteiger partial charge in [-0.15, -0.1) is 82.3 Å². The van der Waals surface area contributed by atoms with Crippen molar-refractivity contribution in [1.82, 2.24) is 5.32 Å². The number of thioether (sulfide) groups is 9. The molecule has 0 aliphatic heterocycles. The zero-order valence-corrected chi connectivity index (χ0v) is 29.4. The van der Waals surface area contributed by atoms with Crippen molar-refractivity contribution >= 4 is 157 Å². The number of aliphatic hydroxyl groups excluding tert-OH is 1. The summed E-state index contributed by atoms with van der Waals surface area (Å²) in [5.74, 6) is 2.07. The number of hydrogen-bond acceptors (Lipinski definition) is 16. The number of amides is 1. The van der Waals surface area contributed by atoms with E-state index in [0.717, 1.165) is 35.6 Å². The van der Waals surface area contributed by atoms with Crippen LogP contribution in [0.1, 0.15) is 6.42 Å². The van der Waals surface area contributed by atoms with Gasteiger partial charge in [0.25, 0.3) is 5.24 Å². The van der Waals surface area contributed by atoms with Gasteiger partial charge in [-0.2, -0.15) is 12.6 Å². The summed E-state index contributed by atoms with van der Waals surface area (Å²) >= 11 is 17.3. The number of aliphatic imine (C=N–C) groups is 2. The van der Waals surface area contributed by atoms with E-state index in [4.69, 9.17) is 5.11 Å². The van der Waals surface area contributed by atoms with Gasteiger partial charge in [-0.25, -0.2) is 9.98 Å². The lowest BCUT2D eigenvalue weighted by atomic mass is 10.5. The van der Waals surface area contributed by atoms with Crippen LogP contribution in [-0.2, 0) is 22.4 Å². The smallest absolute Gasteiger partial charge is 0.280 e. The molecule has 2 atom stereocenters. The Bertz CT molecular complexity index is 557. The van der Waals surface area contributed by atoms with E-state index in [-0.39, 0.29) is 11.8 Å². The van der Waals surface area contributed by atoms with Crippen LogP contribution in [0.4, 0.5) is 4.79 Å². The summed E-state index contributed by atoms with van der Waals surface area (Å²) in [6.07, 6.45) is 0.541. The molecule has 0 aromatic carbocycles. The Labute approximate surface area is 265 Å². The van der Waals surface area contributed by atoms with Gasteiger partial charge < -0.3 is 19.5 Å². The minimum absolute atomic E-state index is 0.0221. The first-order valence-corrected chi connectivity index (χ1v) is 23.7. The average Bonchev–Trinajstić information content (AvgIpc) is 2.87. The van der Waals surface area contributed by atoms with E-state index >= 15 is 0 Å².